The van der Waals surface area contributed by atoms with E-state index < -0.39 is 0 Å². The highest BCUT2D eigenvalue weighted by Crippen LogP contribution is 2.33. The average molecular weight is 295 g/mol. The van der Waals surface area contributed by atoms with Crippen LogP contribution in [0.3, 0.4) is 0 Å². The van der Waals surface area contributed by atoms with Crippen LogP contribution >= 0.6 is 0 Å². The topological polar surface area (TPSA) is 52.4 Å². The normalized spacial score (nSPS) is 13.7. The molecule has 0 N–H and O–H groups in total. The van der Waals surface area contributed by atoms with Crippen molar-refractivity contribution in [1.29, 1.82) is 0 Å². The Hall–Kier alpha value is -2.14. The highest BCUT2D eigenvalue weighted by atomic mass is 16.6. The molecule has 1 aliphatic rings. The molecule has 1 heterocycles. The molecule has 0 bridgehead atoms. The van der Waals surface area contributed by atoms with E-state index in [0.717, 1.165) is 16.6 Å². The van der Waals surface area contributed by atoms with Crippen LogP contribution in [0.2, 0.25) is 6.82 Å². The average Bonchev–Trinajstić information content (AvgIpc) is 2.79. The summed E-state index contributed by atoms with van der Waals surface area (Å²) in [6.45, 7) is 4.73. The van der Waals surface area contributed by atoms with Crippen LogP contribution in [-0.4, -0.2) is 25.4 Å². The SMILES string of the molecule is COCC(C)c1cc2c(cc1[N+](=O)[O-])B(C)c1ccccc1-2. The fraction of sp³-hybridized carbons (Fsp3) is 0.294. The molecule has 4 nitrogen and oxygen atoms in total. The lowest BCUT2D eigenvalue weighted by Gasteiger charge is -2.14. The van der Waals surface area contributed by atoms with Gasteiger partial charge in [-0.15, -0.1) is 0 Å². The first kappa shape index (κ1) is 14.8. The van der Waals surface area contributed by atoms with Crippen LogP contribution in [0.4, 0.5) is 5.69 Å². The molecular formula is C17H18BNO3. The van der Waals surface area contributed by atoms with Gasteiger partial charge in [0.1, 0.15) is 0 Å². The highest BCUT2D eigenvalue weighted by molar-refractivity contribution is 6.88. The van der Waals surface area contributed by atoms with Crippen molar-refractivity contribution in [3.05, 3.63) is 52.1 Å². The second-order valence-electron chi connectivity index (χ2n) is 5.92. The Morgan fingerprint density at radius 1 is 1.23 bits per heavy atom. The molecule has 2 aromatic rings. The van der Waals surface area contributed by atoms with Gasteiger partial charge in [-0.25, -0.2) is 0 Å². The minimum Gasteiger partial charge on any atom is -0.384 e. The van der Waals surface area contributed by atoms with E-state index >= 15 is 0 Å². The monoisotopic (exact) mass is 295 g/mol. The molecule has 1 atom stereocenters. The van der Waals surface area contributed by atoms with Crippen LogP contribution in [0.1, 0.15) is 18.4 Å². The van der Waals surface area contributed by atoms with Gasteiger partial charge in [-0.1, -0.05) is 48.9 Å². The summed E-state index contributed by atoms with van der Waals surface area (Å²) >= 11 is 0. The van der Waals surface area contributed by atoms with Crippen LogP contribution in [0.15, 0.2) is 36.4 Å². The van der Waals surface area contributed by atoms with Gasteiger partial charge >= 0.3 is 0 Å². The highest BCUT2D eigenvalue weighted by Gasteiger charge is 2.32. The van der Waals surface area contributed by atoms with E-state index in [0.29, 0.717) is 6.61 Å². The zero-order chi connectivity index (χ0) is 15.9. The van der Waals surface area contributed by atoms with Crippen LogP contribution in [0, 0.1) is 10.1 Å². The van der Waals surface area contributed by atoms with Gasteiger partial charge in [0, 0.05) is 24.7 Å². The number of fused-ring (bicyclic) bond motifs is 3. The largest absolute Gasteiger partial charge is 0.384 e. The van der Waals surface area contributed by atoms with Crippen molar-refractivity contribution in [3.8, 4) is 11.1 Å². The van der Waals surface area contributed by atoms with Crippen molar-refractivity contribution in [2.24, 2.45) is 0 Å². The lowest BCUT2D eigenvalue weighted by atomic mass is 9.45. The molecule has 3 rings (SSSR count). The van der Waals surface area contributed by atoms with Gasteiger partial charge in [-0.3, -0.25) is 10.1 Å². The van der Waals surface area contributed by atoms with E-state index in [9.17, 15) is 10.1 Å². The Labute approximate surface area is 130 Å². The molecule has 0 fully saturated rings. The van der Waals surface area contributed by atoms with Crippen LogP contribution in [0.25, 0.3) is 11.1 Å². The molecule has 0 spiro atoms. The summed E-state index contributed by atoms with van der Waals surface area (Å²) in [5.41, 5.74) is 5.53. The third kappa shape index (κ3) is 2.22. The number of rotatable bonds is 4. The second-order valence-corrected chi connectivity index (χ2v) is 5.92. The van der Waals surface area contributed by atoms with E-state index in [-0.39, 0.29) is 23.2 Å². The number of nitro groups is 1. The molecule has 5 heteroatoms. The number of methoxy groups -OCH3 is 1. The third-order valence-electron chi connectivity index (χ3n) is 4.53. The molecule has 0 radical (unpaired) electrons. The molecular weight excluding hydrogens is 277 g/mol. The fourth-order valence-electron chi connectivity index (χ4n) is 3.39. The van der Waals surface area contributed by atoms with Gasteiger partial charge in [-0.05, 0) is 17.2 Å². The summed E-state index contributed by atoms with van der Waals surface area (Å²) in [6, 6.07) is 12.0. The maximum absolute atomic E-state index is 11.5. The van der Waals surface area contributed by atoms with Crippen molar-refractivity contribution in [1.82, 2.24) is 0 Å². The number of hydrogen-bond donors (Lipinski definition) is 0. The summed E-state index contributed by atoms with van der Waals surface area (Å²) in [6.07, 6.45) is 0. The van der Waals surface area contributed by atoms with Crippen LogP contribution < -0.4 is 10.9 Å². The summed E-state index contributed by atoms with van der Waals surface area (Å²) < 4.78 is 5.18. The molecule has 0 saturated heterocycles. The second kappa shape index (κ2) is 5.57. The van der Waals surface area contributed by atoms with Gasteiger partial charge in [0.25, 0.3) is 5.69 Å². The standard InChI is InChI=1S/C17H18BNO3/c1-11(10-22-3)13-8-14-12-6-4-5-7-15(12)18(2)16(14)9-17(13)19(20)21/h4-9,11H,10H2,1-3H3. The molecule has 0 aliphatic carbocycles. The van der Waals surface area contributed by atoms with Crippen molar-refractivity contribution >= 4 is 23.3 Å². The first-order chi connectivity index (χ1) is 10.5. The molecule has 0 amide bonds. The van der Waals surface area contributed by atoms with E-state index in [1.807, 2.05) is 25.1 Å². The van der Waals surface area contributed by atoms with Gasteiger partial charge in [-0.2, -0.15) is 0 Å². The van der Waals surface area contributed by atoms with Gasteiger partial charge < -0.3 is 4.74 Å². The number of nitro benzene ring substituents is 1. The fourth-order valence-corrected chi connectivity index (χ4v) is 3.39. The molecule has 2 aromatic carbocycles. The van der Waals surface area contributed by atoms with E-state index in [1.54, 1.807) is 13.2 Å². The Morgan fingerprint density at radius 2 is 1.95 bits per heavy atom. The number of hydrogen-bond acceptors (Lipinski definition) is 3. The molecule has 0 aromatic heterocycles. The van der Waals surface area contributed by atoms with E-state index in [1.165, 1.54) is 11.0 Å². The van der Waals surface area contributed by atoms with Gasteiger partial charge in [0.15, 0.2) is 0 Å². The summed E-state index contributed by atoms with van der Waals surface area (Å²) in [7, 11) is 1.62. The number of nitrogens with zero attached hydrogens (tertiary/aromatic N) is 1. The molecule has 1 unspecified atom stereocenters. The van der Waals surface area contributed by atoms with Crippen LogP contribution in [0.5, 0.6) is 0 Å². The maximum atomic E-state index is 11.5. The van der Waals surface area contributed by atoms with E-state index in [4.69, 9.17) is 4.74 Å². The Kier molecular flexibility index (Phi) is 3.75. The zero-order valence-corrected chi connectivity index (χ0v) is 13.0. The predicted molar refractivity (Wildman–Crippen MR) is 89.7 cm³/mol. The van der Waals surface area contributed by atoms with Crippen LogP contribution in [-0.2, 0) is 4.74 Å². The quantitative estimate of drug-likeness (QED) is 0.495. The summed E-state index contributed by atoms with van der Waals surface area (Å²) in [4.78, 5) is 11.2. The predicted octanol–water partition coefficient (Wildman–Crippen LogP) is 2.56. The first-order valence-electron chi connectivity index (χ1n) is 7.45. The maximum Gasteiger partial charge on any atom is 0.272 e. The van der Waals surface area contributed by atoms with Crippen molar-refractivity contribution in [2.75, 3.05) is 13.7 Å². The molecule has 1 aliphatic heterocycles. The lowest BCUT2D eigenvalue weighted by molar-refractivity contribution is -0.385. The van der Waals surface area contributed by atoms with E-state index in [2.05, 4.69) is 19.0 Å². The van der Waals surface area contributed by atoms with Crippen molar-refractivity contribution in [2.45, 2.75) is 19.7 Å². The van der Waals surface area contributed by atoms with Gasteiger partial charge in [0.2, 0.25) is 6.71 Å². The van der Waals surface area contributed by atoms with Crippen molar-refractivity contribution < 1.29 is 9.66 Å². The zero-order valence-electron chi connectivity index (χ0n) is 13.0. The number of ether oxygens (including phenoxy) is 1. The lowest BCUT2D eigenvalue weighted by Crippen LogP contribution is -2.34. The summed E-state index contributed by atoms with van der Waals surface area (Å²) in [5.74, 6) is -0.0150. The molecule has 0 saturated carbocycles. The number of benzene rings is 2. The Bertz CT molecular complexity index is 745. The minimum atomic E-state index is -0.280. The first-order valence-corrected chi connectivity index (χ1v) is 7.45. The molecule has 112 valence electrons. The smallest absolute Gasteiger partial charge is 0.272 e. The Morgan fingerprint density at radius 3 is 2.64 bits per heavy atom. The van der Waals surface area contributed by atoms with Gasteiger partial charge in [0.05, 0.1) is 11.5 Å². The summed E-state index contributed by atoms with van der Waals surface area (Å²) in [5, 5.41) is 11.5. The minimum absolute atomic E-state index is 0.0150. The third-order valence-corrected chi connectivity index (χ3v) is 4.53. The Balaban J connectivity index is 2.21. The van der Waals surface area contributed by atoms with Crippen molar-refractivity contribution in [3.63, 3.8) is 0 Å². The molecule has 22 heavy (non-hydrogen) atoms.